The Morgan fingerprint density at radius 1 is 1.18 bits per heavy atom. The van der Waals surface area contributed by atoms with Gasteiger partial charge >= 0.3 is 0 Å². The number of rotatable bonds is 9. The van der Waals surface area contributed by atoms with Crippen LogP contribution in [0.15, 0.2) is 5.16 Å². The van der Waals surface area contributed by atoms with Gasteiger partial charge in [-0.25, -0.2) is 0 Å². The Balaban J connectivity index is 4.06. The fourth-order valence-corrected chi connectivity index (χ4v) is 1.75. The van der Waals surface area contributed by atoms with Crippen LogP contribution in [0.4, 0.5) is 0 Å². The average molecular weight is 244 g/mol. The van der Waals surface area contributed by atoms with Crippen LogP contribution in [0, 0.1) is 0 Å². The zero-order valence-electron chi connectivity index (χ0n) is 11.7. The van der Waals surface area contributed by atoms with E-state index in [1.54, 1.807) is 0 Å². The summed E-state index contributed by atoms with van der Waals surface area (Å²) in [5.74, 6) is 0.304. The molecular weight excluding hydrogens is 216 g/mol. The first-order valence-electron chi connectivity index (χ1n) is 6.47. The first kappa shape index (κ1) is 16.2. The molecule has 0 aliphatic heterocycles. The molecule has 0 radical (unpaired) electrons. The van der Waals surface area contributed by atoms with Crippen molar-refractivity contribution in [2.45, 2.75) is 40.2 Å². The van der Waals surface area contributed by atoms with Crippen molar-refractivity contribution in [2.24, 2.45) is 10.9 Å². The van der Waals surface area contributed by atoms with Crippen LogP contribution in [0.5, 0.6) is 0 Å². The molecule has 0 fully saturated rings. The monoisotopic (exact) mass is 244 g/mol. The molecule has 5 heteroatoms. The van der Waals surface area contributed by atoms with E-state index in [0.29, 0.717) is 18.3 Å². The number of amidine groups is 1. The molecule has 0 aromatic rings. The highest BCUT2D eigenvalue weighted by atomic mass is 16.4. The largest absolute Gasteiger partial charge is 0.409 e. The van der Waals surface area contributed by atoms with E-state index in [4.69, 9.17) is 10.9 Å². The van der Waals surface area contributed by atoms with E-state index in [1.165, 1.54) is 0 Å². The zero-order valence-corrected chi connectivity index (χ0v) is 11.7. The second kappa shape index (κ2) is 9.24. The van der Waals surface area contributed by atoms with Gasteiger partial charge in [-0.15, -0.1) is 0 Å². The van der Waals surface area contributed by atoms with Gasteiger partial charge < -0.3 is 15.8 Å². The second-order valence-electron chi connectivity index (χ2n) is 4.50. The lowest BCUT2D eigenvalue weighted by atomic mass is 10.2. The molecule has 0 atom stereocenters. The minimum Gasteiger partial charge on any atom is -0.409 e. The van der Waals surface area contributed by atoms with Crippen LogP contribution in [0.1, 0.15) is 34.1 Å². The van der Waals surface area contributed by atoms with E-state index in [0.717, 1.165) is 32.7 Å². The molecular formula is C12H28N4O. The maximum atomic E-state index is 8.52. The first-order valence-corrected chi connectivity index (χ1v) is 6.47. The molecule has 0 saturated carbocycles. The lowest BCUT2D eigenvalue weighted by Gasteiger charge is -2.29. The highest BCUT2D eigenvalue weighted by Gasteiger charge is 2.11. The average Bonchev–Trinajstić information content (AvgIpc) is 2.32. The van der Waals surface area contributed by atoms with Gasteiger partial charge in [0.25, 0.3) is 0 Å². The van der Waals surface area contributed by atoms with Crippen molar-refractivity contribution in [1.82, 2.24) is 9.80 Å². The van der Waals surface area contributed by atoms with Crippen LogP contribution >= 0.6 is 0 Å². The molecule has 0 unspecified atom stereocenters. The summed E-state index contributed by atoms with van der Waals surface area (Å²) in [5, 5.41) is 11.5. The third-order valence-corrected chi connectivity index (χ3v) is 3.11. The fourth-order valence-electron chi connectivity index (χ4n) is 1.75. The summed E-state index contributed by atoms with van der Waals surface area (Å²) in [6.45, 7) is 13.8. The Morgan fingerprint density at radius 2 is 1.76 bits per heavy atom. The minimum atomic E-state index is 0.304. The number of hydrogen-bond acceptors (Lipinski definition) is 4. The highest BCUT2D eigenvalue weighted by molar-refractivity contribution is 5.79. The molecule has 0 bridgehead atoms. The van der Waals surface area contributed by atoms with Gasteiger partial charge in [-0.1, -0.05) is 19.0 Å². The zero-order chi connectivity index (χ0) is 13.3. The van der Waals surface area contributed by atoms with E-state index in [1.807, 2.05) is 0 Å². The Labute approximate surface area is 105 Å². The molecule has 17 heavy (non-hydrogen) atoms. The van der Waals surface area contributed by atoms with Crippen LogP contribution in [0.25, 0.3) is 0 Å². The van der Waals surface area contributed by atoms with Crippen molar-refractivity contribution in [1.29, 1.82) is 0 Å². The van der Waals surface area contributed by atoms with Gasteiger partial charge in [0.15, 0.2) is 0 Å². The summed E-state index contributed by atoms with van der Waals surface area (Å²) in [4.78, 5) is 4.76. The Morgan fingerprint density at radius 3 is 2.18 bits per heavy atom. The summed E-state index contributed by atoms with van der Waals surface area (Å²) in [7, 11) is 0. The number of nitrogens with zero attached hydrogens (tertiary/aromatic N) is 3. The molecule has 0 aromatic carbocycles. The van der Waals surface area contributed by atoms with Crippen molar-refractivity contribution in [3.63, 3.8) is 0 Å². The predicted molar refractivity (Wildman–Crippen MR) is 72.5 cm³/mol. The van der Waals surface area contributed by atoms with Crippen LogP contribution in [-0.4, -0.2) is 59.6 Å². The van der Waals surface area contributed by atoms with Gasteiger partial charge in [0.05, 0.1) is 0 Å². The first-order chi connectivity index (χ1) is 8.04. The molecule has 0 aliphatic rings. The molecule has 0 heterocycles. The molecule has 3 N–H and O–H groups in total. The van der Waals surface area contributed by atoms with Gasteiger partial charge in [0, 0.05) is 32.1 Å². The molecule has 0 aromatic heterocycles. The SMILES string of the molecule is CCN(CC)CCN(CCC(N)=NO)C(C)C. The number of hydrogen-bond donors (Lipinski definition) is 2. The van der Waals surface area contributed by atoms with Crippen LogP contribution in [-0.2, 0) is 0 Å². The maximum Gasteiger partial charge on any atom is 0.140 e. The molecule has 0 aliphatic carbocycles. The van der Waals surface area contributed by atoms with E-state index in [2.05, 4.69) is 42.7 Å². The number of likely N-dealkylation sites (N-methyl/N-ethyl adjacent to an activating group) is 1. The summed E-state index contributed by atoms with van der Waals surface area (Å²) in [6, 6.07) is 0.483. The summed E-state index contributed by atoms with van der Waals surface area (Å²) < 4.78 is 0. The number of oxime groups is 1. The van der Waals surface area contributed by atoms with E-state index in [9.17, 15) is 0 Å². The van der Waals surface area contributed by atoms with E-state index in [-0.39, 0.29) is 0 Å². The van der Waals surface area contributed by atoms with Crippen molar-refractivity contribution in [3.8, 4) is 0 Å². The molecule has 0 saturated heterocycles. The summed E-state index contributed by atoms with van der Waals surface area (Å²) >= 11 is 0. The van der Waals surface area contributed by atoms with Crippen molar-refractivity contribution in [3.05, 3.63) is 0 Å². The second-order valence-corrected chi connectivity index (χ2v) is 4.50. The summed E-state index contributed by atoms with van der Waals surface area (Å²) in [5.41, 5.74) is 5.49. The number of nitrogens with two attached hydrogens (primary N) is 1. The Kier molecular flexibility index (Phi) is 8.80. The third kappa shape index (κ3) is 7.18. The minimum absolute atomic E-state index is 0.304. The van der Waals surface area contributed by atoms with Crippen LogP contribution in [0.3, 0.4) is 0 Å². The molecule has 5 nitrogen and oxygen atoms in total. The highest BCUT2D eigenvalue weighted by Crippen LogP contribution is 2.01. The van der Waals surface area contributed by atoms with Gasteiger partial charge in [-0.2, -0.15) is 0 Å². The van der Waals surface area contributed by atoms with Crippen molar-refractivity contribution in [2.75, 3.05) is 32.7 Å². The van der Waals surface area contributed by atoms with Crippen LogP contribution < -0.4 is 5.73 Å². The predicted octanol–water partition coefficient (Wildman–Crippen LogP) is 1.18. The van der Waals surface area contributed by atoms with Gasteiger partial charge in [0.1, 0.15) is 5.84 Å². The van der Waals surface area contributed by atoms with E-state index < -0.39 is 0 Å². The standard InChI is InChI=1S/C12H28N4O/c1-5-15(6-2)9-10-16(11(3)4)8-7-12(13)14-17/h11,17H,5-10H2,1-4H3,(H2,13,14). The lowest BCUT2D eigenvalue weighted by Crippen LogP contribution is -2.40. The van der Waals surface area contributed by atoms with E-state index >= 15 is 0 Å². The molecule has 0 amide bonds. The smallest absolute Gasteiger partial charge is 0.140 e. The summed E-state index contributed by atoms with van der Waals surface area (Å²) in [6.07, 6.45) is 0.618. The van der Waals surface area contributed by atoms with Gasteiger partial charge in [-0.05, 0) is 26.9 Å². The maximum absolute atomic E-state index is 8.52. The molecule has 0 spiro atoms. The Bertz CT molecular complexity index is 215. The van der Waals surface area contributed by atoms with Crippen LogP contribution in [0.2, 0.25) is 0 Å². The van der Waals surface area contributed by atoms with Gasteiger partial charge in [0.2, 0.25) is 0 Å². The normalized spacial score (nSPS) is 13.0. The third-order valence-electron chi connectivity index (χ3n) is 3.11. The molecule has 102 valence electrons. The topological polar surface area (TPSA) is 65.1 Å². The van der Waals surface area contributed by atoms with Gasteiger partial charge in [-0.3, -0.25) is 4.90 Å². The fraction of sp³-hybridized carbons (Fsp3) is 0.917. The quantitative estimate of drug-likeness (QED) is 0.277. The molecule has 0 rings (SSSR count). The van der Waals surface area contributed by atoms with Crippen molar-refractivity contribution >= 4 is 5.84 Å². The van der Waals surface area contributed by atoms with Crippen molar-refractivity contribution < 1.29 is 5.21 Å². The lowest BCUT2D eigenvalue weighted by molar-refractivity contribution is 0.185. The Hall–Kier alpha value is -0.810.